The van der Waals surface area contributed by atoms with Crippen LogP contribution in [-0.4, -0.2) is 35.1 Å². The summed E-state index contributed by atoms with van der Waals surface area (Å²) >= 11 is 0. The first-order chi connectivity index (χ1) is 9.63. The Bertz CT molecular complexity index is 512. The Morgan fingerprint density at radius 2 is 2.10 bits per heavy atom. The highest BCUT2D eigenvalue weighted by Gasteiger charge is 2.36. The minimum atomic E-state index is -0.254. The number of piperidine rings is 1. The van der Waals surface area contributed by atoms with Gasteiger partial charge in [0.05, 0.1) is 6.10 Å². The lowest BCUT2D eigenvalue weighted by atomic mass is 10.1. The molecule has 1 aromatic rings. The van der Waals surface area contributed by atoms with Gasteiger partial charge in [-0.15, -0.1) is 0 Å². The average molecular weight is 275 g/mol. The molecule has 3 rings (SSSR count). The Balaban J connectivity index is 1.56. The van der Waals surface area contributed by atoms with E-state index in [0.717, 1.165) is 17.4 Å². The molecule has 2 aliphatic rings. The van der Waals surface area contributed by atoms with Crippen LogP contribution in [0, 0.1) is 5.92 Å². The van der Waals surface area contributed by atoms with Crippen LogP contribution in [0.15, 0.2) is 22.6 Å². The molecule has 2 heterocycles. The summed E-state index contributed by atoms with van der Waals surface area (Å²) in [5.74, 6) is 3.06. The summed E-state index contributed by atoms with van der Waals surface area (Å²) in [6, 6.07) is 3.93. The highest BCUT2D eigenvalue weighted by molar-refractivity contribution is 5.91. The van der Waals surface area contributed by atoms with Crippen LogP contribution in [0.25, 0.3) is 6.08 Å². The van der Waals surface area contributed by atoms with E-state index in [9.17, 15) is 9.90 Å². The molecule has 20 heavy (non-hydrogen) atoms. The summed E-state index contributed by atoms with van der Waals surface area (Å²) < 4.78 is 5.74. The number of aliphatic hydroxyl groups excluding tert-OH is 1. The molecular formula is C16H21NO3. The second-order valence-corrected chi connectivity index (χ2v) is 5.95. The molecule has 0 unspecified atom stereocenters. The van der Waals surface area contributed by atoms with Crippen LogP contribution in [0.3, 0.4) is 0 Å². The average Bonchev–Trinajstić information content (AvgIpc) is 3.00. The van der Waals surface area contributed by atoms with Gasteiger partial charge in [-0.3, -0.25) is 4.79 Å². The van der Waals surface area contributed by atoms with Crippen molar-refractivity contribution in [3.63, 3.8) is 0 Å². The van der Waals surface area contributed by atoms with Crippen molar-refractivity contribution in [2.45, 2.75) is 38.2 Å². The minimum absolute atomic E-state index is 0.00496. The molecule has 0 bridgehead atoms. The zero-order valence-corrected chi connectivity index (χ0v) is 11.8. The molecule has 2 atom stereocenters. The summed E-state index contributed by atoms with van der Waals surface area (Å²) in [6.07, 6.45) is 5.59. The van der Waals surface area contributed by atoms with Gasteiger partial charge in [0, 0.05) is 25.1 Å². The fraction of sp³-hybridized carbons (Fsp3) is 0.562. The normalized spacial score (nSPS) is 27.2. The maximum Gasteiger partial charge on any atom is 0.246 e. The van der Waals surface area contributed by atoms with Crippen molar-refractivity contribution in [3.05, 3.63) is 29.7 Å². The summed E-state index contributed by atoms with van der Waals surface area (Å²) in [7, 11) is 0. The lowest BCUT2D eigenvalue weighted by molar-refractivity contribution is -0.127. The Morgan fingerprint density at radius 3 is 2.75 bits per heavy atom. The van der Waals surface area contributed by atoms with Gasteiger partial charge in [0.2, 0.25) is 5.91 Å². The number of carbonyl (C=O) groups excluding carboxylic acids is 1. The van der Waals surface area contributed by atoms with Gasteiger partial charge in [-0.05, 0) is 43.4 Å². The zero-order valence-electron chi connectivity index (χ0n) is 11.8. The van der Waals surface area contributed by atoms with Gasteiger partial charge in [0.25, 0.3) is 0 Å². The van der Waals surface area contributed by atoms with Gasteiger partial charge in [0.1, 0.15) is 11.5 Å². The first-order valence-corrected chi connectivity index (χ1v) is 7.38. The molecule has 0 radical (unpaired) electrons. The van der Waals surface area contributed by atoms with Crippen LogP contribution in [0.5, 0.6) is 0 Å². The van der Waals surface area contributed by atoms with Crippen molar-refractivity contribution in [1.29, 1.82) is 0 Å². The standard InChI is InChI=1S/C16H21NO3/c1-11-10-14(11)15-4-2-13(20-15)3-5-16(19)17-8-6-12(18)7-9-17/h2-5,11-12,14,18H,6-10H2,1H3/b5-3-/t11-,14-/m1/s1. The van der Waals surface area contributed by atoms with E-state index in [1.54, 1.807) is 17.1 Å². The molecule has 108 valence electrons. The fourth-order valence-corrected chi connectivity index (χ4v) is 2.72. The van der Waals surface area contributed by atoms with E-state index in [2.05, 4.69) is 6.92 Å². The van der Waals surface area contributed by atoms with Crippen LogP contribution in [0.4, 0.5) is 0 Å². The summed E-state index contributed by atoms with van der Waals surface area (Å²) in [6.45, 7) is 3.48. The minimum Gasteiger partial charge on any atom is -0.461 e. The highest BCUT2D eigenvalue weighted by Crippen LogP contribution is 2.47. The summed E-state index contributed by atoms with van der Waals surface area (Å²) in [5, 5.41) is 9.43. The zero-order chi connectivity index (χ0) is 14.1. The number of rotatable bonds is 3. The number of aliphatic hydroxyl groups is 1. The smallest absolute Gasteiger partial charge is 0.246 e. The maximum atomic E-state index is 12.0. The second-order valence-electron chi connectivity index (χ2n) is 5.95. The summed E-state index contributed by atoms with van der Waals surface area (Å²) in [5.41, 5.74) is 0. The van der Waals surface area contributed by atoms with Gasteiger partial charge in [-0.1, -0.05) is 6.92 Å². The van der Waals surface area contributed by atoms with Gasteiger partial charge >= 0.3 is 0 Å². The Hall–Kier alpha value is -1.55. The van der Waals surface area contributed by atoms with E-state index < -0.39 is 0 Å². The SMILES string of the molecule is C[C@@H]1C[C@H]1c1ccc(/C=C\C(=O)N2CCC(O)CC2)o1. The number of hydrogen-bond donors (Lipinski definition) is 1. The highest BCUT2D eigenvalue weighted by atomic mass is 16.3. The quantitative estimate of drug-likeness (QED) is 0.862. The first-order valence-electron chi connectivity index (χ1n) is 7.38. The maximum absolute atomic E-state index is 12.0. The van der Waals surface area contributed by atoms with Gasteiger partial charge in [0.15, 0.2) is 0 Å². The molecule has 1 aromatic heterocycles. The van der Waals surface area contributed by atoms with Crippen molar-refractivity contribution in [3.8, 4) is 0 Å². The third-order valence-electron chi connectivity index (χ3n) is 4.29. The lowest BCUT2D eigenvalue weighted by Gasteiger charge is -2.28. The van der Waals surface area contributed by atoms with E-state index in [1.807, 2.05) is 12.1 Å². The number of nitrogens with zero attached hydrogens (tertiary/aromatic N) is 1. The van der Waals surface area contributed by atoms with Crippen molar-refractivity contribution in [2.75, 3.05) is 13.1 Å². The molecule has 1 aliphatic carbocycles. The molecule has 1 saturated carbocycles. The van der Waals surface area contributed by atoms with E-state index in [1.165, 1.54) is 6.42 Å². The fourth-order valence-electron chi connectivity index (χ4n) is 2.72. The number of carbonyl (C=O) groups is 1. The van der Waals surface area contributed by atoms with Crippen molar-refractivity contribution >= 4 is 12.0 Å². The summed E-state index contributed by atoms with van der Waals surface area (Å²) in [4.78, 5) is 13.8. The van der Waals surface area contributed by atoms with E-state index in [0.29, 0.717) is 31.8 Å². The molecule has 1 saturated heterocycles. The van der Waals surface area contributed by atoms with E-state index in [4.69, 9.17) is 4.42 Å². The van der Waals surface area contributed by atoms with Crippen LogP contribution < -0.4 is 0 Å². The lowest BCUT2D eigenvalue weighted by Crippen LogP contribution is -2.39. The monoisotopic (exact) mass is 275 g/mol. The molecule has 0 aromatic carbocycles. The first kappa shape index (κ1) is 13.4. The third kappa shape index (κ3) is 2.96. The van der Waals surface area contributed by atoms with Crippen LogP contribution in [0.1, 0.15) is 43.6 Å². The predicted octanol–water partition coefficient (Wildman–Crippen LogP) is 2.40. The molecular weight excluding hydrogens is 254 g/mol. The molecule has 1 aliphatic heterocycles. The molecule has 1 amide bonds. The predicted molar refractivity (Wildman–Crippen MR) is 76.1 cm³/mol. The van der Waals surface area contributed by atoms with Crippen molar-refractivity contribution in [2.24, 2.45) is 5.92 Å². The van der Waals surface area contributed by atoms with Gasteiger partial charge in [-0.25, -0.2) is 0 Å². The Kier molecular flexibility index (Phi) is 3.66. The third-order valence-corrected chi connectivity index (χ3v) is 4.29. The van der Waals surface area contributed by atoms with Gasteiger partial charge < -0.3 is 14.4 Å². The number of likely N-dealkylation sites (tertiary alicyclic amines) is 1. The van der Waals surface area contributed by atoms with E-state index in [-0.39, 0.29) is 12.0 Å². The van der Waals surface area contributed by atoms with Crippen LogP contribution >= 0.6 is 0 Å². The van der Waals surface area contributed by atoms with Crippen molar-refractivity contribution in [1.82, 2.24) is 4.90 Å². The number of hydrogen-bond acceptors (Lipinski definition) is 3. The van der Waals surface area contributed by atoms with Crippen LogP contribution in [-0.2, 0) is 4.79 Å². The molecule has 4 heteroatoms. The Labute approximate surface area is 119 Å². The molecule has 0 spiro atoms. The van der Waals surface area contributed by atoms with E-state index >= 15 is 0 Å². The van der Waals surface area contributed by atoms with Gasteiger partial charge in [-0.2, -0.15) is 0 Å². The van der Waals surface area contributed by atoms with Crippen LogP contribution in [0.2, 0.25) is 0 Å². The van der Waals surface area contributed by atoms with Crippen molar-refractivity contribution < 1.29 is 14.3 Å². The molecule has 4 nitrogen and oxygen atoms in total. The largest absolute Gasteiger partial charge is 0.461 e. The molecule has 1 N–H and O–H groups in total. The number of furan rings is 1. The Morgan fingerprint density at radius 1 is 1.40 bits per heavy atom. The molecule has 2 fully saturated rings. The second kappa shape index (κ2) is 5.44. The number of amides is 1. The topological polar surface area (TPSA) is 53.7 Å².